The number of H-pyrrole nitrogens is 1. The molecule has 1 aliphatic heterocycles. The predicted octanol–water partition coefficient (Wildman–Crippen LogP) is 1.53. The van der Waals surface area contributed by atoms with Gasteiger partial charge in [-0.25, -0.2) is 0 Å². The lowest BCUT2D eigenvalue weighted by atomic mass is 9.95. The maximum atomic E-state index is 13.0. The van der Waals surface area contributed by atoms with Crippen LogP contribution in [-0.4, -0.2) is 53.6 Å². The molecular weight excluding hydrogens is 360 g/mol. The first kappa shape index (κ1) is 18.4. The second kappa shape index (κ2) is 7.56. The summed E-state index contributed by atoms with van der Waals surface area (Å²) < 4.78 is 2.22. The van der Waals surface area contributed by atoms with E-state index in [4.69, 9.17) is 12.2 Å². The highest BCUT2D eigenvalue weighted by molar-refractivity contribution is 7.71. The SMILES string of the molecule is C[NH+]1CCN(C(=O)c2ccc3c(=O)n(C4CCCCC4)c(=S)[nH]c3c2)CC1. The van der Waals surface area contributed by atoms with Crippen molar-refractivity contribution in [1.29, 1.82) is 0 Å². The summed E-state index contributed by atoms with van der Waals surface area (Å²) in [6.45, 7) is 3.46. The quantitative estimate of drug-likeness (QED) is 0.769. The second-order valence-electron chi connectivity index (χ2n) is 7.91. The molecule has 1 aliphatic carbocycles. The summed E-state index contributed by atoms with van der Waals surface area (Å²) in [6.07, 6.45) is 5.53. The maximum Gasteiger partial charge on any atom is 0.262 e. The number of likely N-dealkylation sites (N-methyl/N-ethyl adjacent to an activating group) is 1. The number of hydrogen-bond donors (Lipinski definition) is 2. The van der Waals surface area contributed by atoms with Gasteiger partial charge in [-0.05, 0) is 43.3 Å². The van der Waals surface area contributed by atoms with E-state index in [0.29, 0.717) is 21.2 Å². The zero-order valence-electron chi connectivity index (χ0n) is 15.8. The van der Waals surface area contributed by atoms with Crippen LogP contribution in [0, 0.1) is 4.77 Å². The van der Waals surface area contributed by atoms with Crippen LogP contribution in [0.15, 0.2) is 23.0 Å². The van der Waals surface area contributed by atoms with E-state index in [0.717, 1.165) is 51.9 Å². The number of quaternary nitrogens is 1. The second-order valence-corrected chi connectivity index (χ2v) is 8.29. The van der Waals surface area contributed by atoms with Crippen LogP contribution in [0.2, 0.25) is 0 Å². The minimum absolute atomic E-state index is 0.0279. The Labute approximate surface area is 163 Å². The zero-order chi connectivity index (χ0) is 19.0. The smallest absolute Gasteiger partial charge is 0.262 e. The summed E-state index contributed by atoms with van der Waals surface area (Å²) >= 11 is 5.50. The van der Waals surface area contributed by atoms with Crippen LogP contribution < -0.4 is 10.5 Å². The van der Waals surface area contributed by atoms with E-state index >= 15 is 0 Å². The van der Waals surface area contributed by atoms with Crippen molar-refractivity contribution >= 4 is 29.0 Å². The number of fused-ring (bicyclic) bond motifs is 1. The minimum Gasteiger partial charge on any atom is -0.334 e. The molecule has 2 fully saturated rings. The van der Waals surface area contributed by atoms with Gasteiger partial charge in [0.15, 0.2) is 4.77 Å². The molecule has 0 spiro atoms. The van der Waals surface area contributed by atoms with E-state index in [1.807, 2.05) is 4.90 Å². The van der Waals surface area contributed by atoms with Crippen LogP contribution in [0.3, 0.4) is 0 Å². The predicted molar refractivity (Wildman–Crippen MR) is 108 cm³/mol. The number of nitrogens with one attached hydrogen (secondary N) is 2. The minimum atomic E-state index is -0.0390. The molecule has 2 aromatic rings. The number of rotatable bonds is 2. The first-order valence-electron chi connectivity index (χ1n) is 9.94. The molecule has 27 heavy (non-hydrogen) atoms. The van der Waals surface area contributed by atoms with Crippen molar-refractivity contribution in [3.8, 4) is 0 Å². The molecule has 1 aromatic carbocycles. The van der Waals surface area contributed by atoms with Gasteiger partial charge in [-0.15, -0.1) is 0 Å². The molecule has 4 rings (SSSR count). The van der Waals surface area contributed by atoms with Gasteiger partial charge in [0.25, 0.3) is 11.5 Å². The number of amides is 1. The van der Waals surface area contributed by atoms with Crippen LogP contribution in [0.1, 0.15) is 48.5 Å². The lowest BCUT2D eigenvalue weighted by Crippen LogP contribution is -3.12. The number of carbonyl (C=O) groups excluding carboxylic acids is 1. The molecule has 0 atom stereocenters. The van der Waals surface area contributed by atoms with Gasteiger partial charge in [-0.3, -0.25) is 14.2 Å². The Morgan fingerprint density at radius 1 is 1.19 bits per heavy atom. The van der Waals surface area contributed by atoms with Crippen molar-refractivity contribution in [2.24, 2.45) is 0 Å². The number of piperazine rings is 1. The summed E-state index contributed by atoms with van der Waals surface area (Å²) in [5, 5.41) is 0.605. The third-order valence-corrected chi connectivity index (χ3v) is 6.32. The molecule has 0 unspecified atom stereocenters. The Hall–Kier alpha value is -1.99. The number of aromatic nitrogens is 2. The van der Waals surface area contributed by atoms with Gasteiger partial charge in [-0.1, -0.05) is 19.3 Å². The number of nitrogens with zero attached hydrogens (tertiary/aromatic N) is 2. The standard InChI is InChI=1S/C20H26N4O2S/c1-22-9-11-23(12-10-22)18(25)14-7-8-16-17(13-14)21-20(27)24(19(16)26)15-5-3-2-4-6-15/h7-8,13,15H,2-6,9-12H2,1H3,(H,21,27)/p+1. The molecule has 0 bridgehead atoms. The fraction of sp³-hybridized carbons (Fsp3) is 0.550. The normalized spacial score (nSPS) is 19.5. The Morgan fingerprint density at radius 2 is 1.89 bits per heavy atom. The largest absolute Gasteiger partial charge is 0.334 e. The first-order chi connectivity index (χ1) is 13.0. The van der Waals surface area contributed by atoms with Gasteiger partial charge >= 0.3 is 0 Å². The van der Waals surface area contributed by atoms with Crippen LogP contribution in [0.4, 0.5) is 0 Å². The summed E-state index contributed by atoms with van der Waals surface area (Å²) in [6, 6.07) is 5.52. The summed E-state index contributed by atoms with van der Waals surface area (Å²) in [5.74, 6) is 0.0279. The third kappa shape index (κ3) is 3.58. The average Bonchev–Trinajstić information content (AvgIpc) is 2.68. The molecule has 1 saturated carbocycles. The van der Waals surface area contributed by atoms with E-state index in [1.54, 1.807) is 22.8 Å². The molecular formula is C20H27N4O2S+. The van der Waals surface area contributed by atoms with Crippen LogP contribution in [-0.2, 0) is 0 Å². The molecule has 1 saturated heterocycles. The van der Waals surface area contributed by atoms with Crippen molar-refractivity contribution < 1.29 is 9.69 Å². The number of benzene rings is 1. The van der Waals surface area contributed by atoms with E-state index in [2.05, 4.69) is 12.0 Å². The van der Waals surface area contributed by atoms with Crippen LogP contribution in [0.25, 0.3) is 10.9 Å². The van der Waals surface area contributed by atoms with E-state index < -0.39 is 0 Å². The third-order valence-electron chi connectivity index (χ3n) is 6.02. The molecule has 2 aliphatic rings. The Morgan fingerprint density at radius 3 is 2.59 bits per heavy atom. The van der Waals surface area contributed by atoms with E-state index in [1.165, 1.54) is 11.3 Å². The molecule has 144 valence electrons. The van der Waals surface area contributed by atoms with Gasteiger partial charge in [0.1, 0.15) is 0 Å². The van der Waals surface area contributed by atoms with Crippen molar-refractivity contribution in [2.45, 2.75) is 38.1 Å². The Bertz CT molecular complexity index is 966. The summed E-state index contributed by atoms with van der Waals surface area (Å²) in [5.41, 5.74) is 1.23. The lowest BCUT2D eigenvalue weighted by molar-refractivity contribution is -0.883. The Balaban J connectivity index is 1.68. The van der Waals surface area contributed by atoms with E-state index in [9.17, 15) is 9.59 Å². The molecule has 2 heterocycles. The first-order valence-corrected chi connectivity index (χ1v) is 10.3. The van der Waals surface area contributed by atoms with Gasteiger partial charge in [0.2, 0.25) is 0 Å². The highest BCUT2D eigenvalue weighted by Gasteiger charge is 2.23. The van der Waals surface area contributed by atoms with Crippen LogP contribution >= 0.6 is 12.2 Å². The number of carbonyl (C=O) groups is 1. The molecule has 0 radical (unpaired) electrons. The summed E-state index contributed by atoms with van der Waals surface area (Å²) in [7, 11) is 2.15. The molecule has 6 nitrogen and oxygen atoms in total. The zero-order valence-corrected chi connectivity index (χ0v) is 16.6. The highest BCUT2D eigenvalue weighted by atomic mass is 32.1. The summed E-state index contributed by atoms with van der Waals surface area (Å²) in [4.78, 5) is 32.4. The number of aromatic amines is 1. The molecule has 2 N–H and O–H groups in total. The van der Waals surface area contributed by atoms with Crippen molar-refractivity contribution in [3.63, 3.8) is 0 Å². The van der Waals surface area contributed by atoms with Crippen molar-refractivity contribution in [3.05, 3.63) is 38.9 Å². The fourth-order valence-corrected chi connectivity index (χ4v) is 4.65. The van der Waals surface area contributed by atoms with Gasteiger partial charge in [0.05, 0.1) is 44.1 Å². The molecule has 7 heteroatoms. The van der Waals surface area contributed by atoms with Crippen LogP contribution in [0.5, 0.6) is 0 Å². The lowest BCUT2D eigenvalue weighted by Gasteiger charge is -2.30. The number of hydrogen-bond acceptors (Lipinski definition) is 3. The fourth-order valence-electron chi connectivity index (χ4n) is 4.31. The average molecular weight is 388 g/mol. The topological polar surface area (TPSA) is 62.5 Å². The maximum absolute atomic E-state index is 13.0. The van der Waals surface area contributed by atoms with Gasteiger partial charge in [-0.2, -0.15) is 0 Å². The highest BCUT2D eigenvalue weighted by Crippen LogP contribution is 2.27. The molecule has 1 amide bonds. The van der Waals surface area contributed by atoms with Gasteiger partial charge in [0, 0.05) is 11.6 Å². The molecule has 1 aromatic heterocycles. The van der Waals surface area contributed by atoms with E-state index in [-0.39, 0.29) is 17.5 Å². The monoisotopic (exact) mass is 387 g/mol. The van der Waals surface area contributed by atoms with Crippen molar-refractivity contribution in [2.75, 3.05) is 33.2 Å². The van der Waals surface area contributed by atoms with Crippen molar-refractivity contribution in [1.82, 2.24) is 14.5 Å². The van der Waals surface area contributed by atoms with Gasteiger partial charge < -0.3 is 14.8 Å². The Kier molecular flexibility index (Phi) is 5.14.